The molecule has 30 heavy (non-hydrogen) atoms. The molecule has 8 heteroatoms. The standard InChI is InChI=1S/C22H23N5O3/c28-22-19(21-17(26-22)3-1-6-23-21)20-16-5-4-15(13-18(16)24-14-25-20)30-10-2-7-27-8-11-29-12-9-27/h1,3-6,13-14,19H,2,7-12H2,(H,26,28). The number of amides is 1. The van der Waals surface area contributed by atoms with Crippen LogP contribution in [-0.4, -0.2) is 65.2 Å². The molecule has 4 heterocycles. The van der Waals surface area contributed by atoms with Gasteiger partial charge in [0.25, 0.3) is 0 Å². The number of aromatic nitrogens is 3. The highest BCUT2D eigenvalue weighted by atomic mass is 16.5. The van der Waals surface area contributed by atoms with Crippen molar-refractivity contribution in [2.75, 3.05) is 44.8 Å². The molecule has 0 aliphatic carbocycles. The summed E-state index contributed by atoms with van der Waals surface area (Å²) < 4.78 is 11.3. The van der Waals surface area contributed by atoms with E-state index in [1.54, 1.807) is 6.20 Å². The monoisotopic (exact) mass is 405 g/mol. The third-order valence-corrected chi connectivity index (χ3v) is 5.54. The maximum Gasteiger partial charge on any atom is 0.239 e. The van der Waals surface area contributed by atoms with E-state index in [-0.39, 0.29) is 5.91 Å². The number of anilines is 1. The molecule has 8 nitrogen and oxygen atoms in total. The molecule has 0 bridgehead atoms. The van der Waals surface area contributed by atoms with Crippen LogP contribution in [0.3, 0.4) is 0 Å². The van der Waals surface area contributed by atoms with Crippen molar-refractivity contribution in [3.05, 3.63) is 54.2 Å². The van der Waals surface area contributed by atoms with E-state index >= 15 is 0 Å². The third kappa shape index (κ3) is 3.71. The fourth-order valence-electron chi connectivity index (χ4n) is 4.02. The zero-order valence-corrected chi connectivity index (χ0v) is 16.6. The first-order valence-electron chi connectivity index (χ1n) is 10.2. The summed E-state index contributed by atoms with van der Waals surface area (Å²) in [4.78, 5) is 28.2. The lowest BCUT2D eigenvalue weighted by Crippen LogP contribution is -2.37. The number of nitrogens with zero attached hydrogens (tertiary/aromatic N) is 4. The molecule has 154 valence electrons. The Bertz CT molecular complexity index is 1070. The summed E-state index contributed by atoms with van der Waals surface area (Å²) in [6.45, 7) is 5.25. The minimum Gasteiger partial charge on any atom is -0.493 e. The van der Waals surface area contributed by atoms with Gasteiger partial charge in [0.2, 0.25) is 5.91 Å². The number of carbonyl (C=O) groups is 1. The average molecular weight is 405 g/mol. The van der Waals surface area contributed by atoms with Crippen molar-refractivity contribution in [1.82, 2.24) is 19.9 Å². The molecule has 1 saturated heterocycles. The van der Waals surface area contributed by atoms with Crippen molar-refractivity contribution >= 4 is 22.5 Å². The van der Waals surface area contributed by atoms with E-state index in [9.17, 15) is 4.79 Å². The van der Waals surface area contributed by atoms with Crippen LogP contribution in [0.1, 0.15) is 23.7 Å². The number of hydrogen-bond donors (Lipinski definition) is 1. The number of nitrogens with one attached hydrogen (secondary N) is 1. The molecule has 1 aromatic carbocycles. The predicted octanol–water partition coefficient (Wildman–Crippen LogP) is 2.21. The number of pyridine rings is 1. The minimum absolute atomic E-state index is 0.118. The van der Waals surface area contributed by atoms with E-state index in [1.165, 1.54) is 6.33 Å². The molecule has 1 N–H and O–H groups in total. The van der Waals surface area contributed by atoms with Crippen molar-refractivity contribution in [2.24, 2.45) is 0 Å². The first-order valence-corrected chi connectivity index (χ1v) is 10.2. The molecule has 0 saturated carbocycles. The predicted molar refractivity (Wildman–Crippen MR) is 112 cm³/mol. The van der Waals surface area contributed by atoms with Gasteiger partial charge < -0.3 is 14.8 Å². The molecule has 2 aliphatic rings. The van der Waals surface area contributed by atoms with E-state index in [1.807, 2.05) is 30.3 Å². The maximum atomic E-state index is 12.6. The Morgan fingerprint density at radius 3 is 2.93 bits per heavy atom. The van der Waals surface area contributed by atoms with E-state index in [0.717, 1.165) is 61.6 Å². The summed E-state index contributed by atoms with van der Waals surface area (Å²) in [6.07, 6.45) is 4.14. The molecular weight excluding hydrogens is 382 g/mol. The molecule has 0 spiro atoms. The zero-order valence-electron chi connectivity index (χ0n) is 16.6. The van der Waals surface area contributed by atoms with Crippen molar-refractivity contribution in [3.8, 4) is 5.75 Å². The Morgan fingerprint density at radius 1 is 1.13 bits per heavy atom. The number of rotatable bonds is 6. The van der Waals surface area contributed by atoms with Gasteiger partial charge in [-0.2, -0.15) is 0 Å². The molecule has 3 aromatic rings. The van der Waals surface area contributed by atoms with Gasteiger partial charge in [0, 0.05) is 37.3 Å². The fourth-order valence-corrected chi connectivity index (χ4v) is 4.02. The first-order chi connectivity index (χ1) is 14.8. The topological polar surface area (TPSA) is 89.5 Å². The Balaban J connectivity index is 1.31. The second-order valence-corrected chi connectivity index (χ2v) is 7.45. The quantitative estimate of drug-likeness (QED) is 0.629. The number of carbonyl (C=O) groups excluding carboxylic acids is 1. The minimum atomic E-state index is -0.535. The third-order valence-electron chi connectivity index (χ3n) is 5.54. The van der Waals surface area contributed by atoms with Crippen molar-refractivity contribution in [2.45, 2.75) is 12.3 Å². The van der Waals surface area contributed by atoms with Crippen LogP contribution >= 0.6 is 0 Å². The Labute approximate surface area is 174 Å². The lowest BCUT2D eigenvalue weighted by atomic mass is 9.98. The van der Waals surface area contributed by atoms with E-state index in [2.05, 4.69) is 25.2 Å². The number of benzene rings is 1. The summed E-state index contributed by atoms with van der Waals surface area (Å²) in [7, 11) is 0. The van der Waals surface area contributed by atoms with Gasteiger partial charge in [-0.25, -0.2) is 9.97 Å². The largest absolute Gasteiger partial charge is 0.493 e. The lowest BCUT2D eigenvalue weighted by Gasteiger charge is -2.26. The molecule has 2 aliphatic heterocycles. The van der Waals surface area contributed by atoms with E-state index in [4.69, 9.17) is 9.47 Å². The van der Waals surface area contributed by atoms with Gasteiger partial charge in [-0.15, -0.1) is 0 Å². The lowest BCUT2D eigenvalue weighted by molar-refractivity contribution is -0.116. The Morgan fingerprint density at radius 2 is 2.03 bits per heavy atom. The van der Waals surface area contributed by atoms with Gasteiger partial charge in [-0.1, -0.05) is 0 Å². The molecule has 1 unspecified atom stereocenters. The van der Waals surface area contributed by atoms with Gasteiger partial charge in [-0.05, 0) is 30.7 Å². The summed E-state index contributed by atoms with van der Waals surface area (Å²) in [5, 5.41) is 3.72. The molecular formula is C22H23N5O3. The molecule has 2 aromatic heterocycles. The Kier molecular flexibility index (Phi) is 5.25. The highest BCUT2D eigenvalue weighted by Gasteiger charge is 2.35. The number of hydrogen-bond acceptors (Lipinski definition) is 7. The summed E-state index contributed by atoms with van der Waals surface area (Å²) in [5.41, 5.74) is 2.85. The van der Waals surface area contributed by atoms with Crippen LogP contribution in [0, 0.1) is 0 Å². The number of fused-ring (bicyclic) bond motifs is 2. The van der Waals surface area contributed by atoms with Crippen molar-refractivity contribution < 1.29 is 14.3 Å². The van der Waals surface area contributed by atoms with Crippen LogP contribution in [0.4, 0.5) is 5.69 Å². The maximum absolute atomic E-state index is 12.6. The molecule has 1 fully saturated rings. The molecule has 1 amide bonds. The SMILES string of the molecule is O=C1Nc2cccnc2C1c1ncnc2cc(OCCCN3CCOCC3)ccc12. The van der Waals surface area contributed by atoms with Gasteiger partial charge in [0.1, 0.15) is 18.0 Å². The van der Waals surface area contributed by atoms with Crippen LogP contribution in [0.2, 0.25) is 0 Å². The first kappa shape index (κ1) is 18.9. The number of ether oxygens (including phenoxy) is 2. The van der Waals surface area contributed by atoms with Crippen LogP contribution in [-0.2, 0) is 9.53 Å². The van der Waals surface area contributed by atoms with Crippen LogP contribution < -0.4 is 10.1 Å². The second-order valence-electron chi connectivity index (χ2n) is 7.45. The highest BCUT2D eigenvalue weighted by Crippen LogP contribution is 2.37. The fraction of sp³-hybridized carbons (Fsp3) is 0.364. The average Bonchev–Trinajstić information content (AvgIpc) is 3.12. The second kappa shape index (κ2) is 8.33. The van der Waals surface area contributed by atoms with Gasteiger partial charge in [0.15, 0.2) is 0 Å². The molecule has 0 radical (unpaired) electrons. The Hall–Kier alpha value is -3.10. The highest BCUT2D eigenvalue weighted by molar-refractivity contribution is 6.06. The summed E-state index contributed by atoms with van der Waals surface area (Å²) in [5.74, 6) is 0.114. The van der Waals surface area contributed by atoms with Crippen LogP contribution in [0.15, 0.2) is 42.9 Å². The van der Waals surface area contributed by atoms with Gasteiger partial charge in [0.05, 0.1) is 42.4 Å². The smallest absolute Gasteiger partial charge is 0.239 e. The normalized spacial score (nSPS) is 18.9. The summed E-state index contributed by atoms with van der Waals surface area (Å²) in [6, 6.07) is 9.41. The van der Waals surface area contributed by atoms with Crippen LogP contribution in [0.5, 0.6) is 5.75 Å². The molecule has 1 atom stereocenters. The van der Waals surface area contributed by atoms with E-state index in [0.29, 0.717) is 18.0 Å². The van der Waals surface area contributed by atoms with Gasteiger partial charge in [-0.3, -0.25) is 14.7 Å². The van der Waals surface area contributed by atoms with Crippen LogP contribution in [0.25, 0.3) is 10.9 Å². The number of morpholine rings is 1. The van der Waals surface area contributed by atoms with Gasteiger partial charge >= 0.3 is 0 Å². The zero-order chi connectivity index (χ0) is 20.3. The van der Waals surface area contributed by atoms with Crippen molar-refractivity contribution in [3.63, 3.8) is 0 Å². The van der Waals surface area contributed by atoms with Crippen molar-refractivity contribution in [1.29, 1.82) is 0 Å². The van der Waals surface area contributed by atoms with E-state index < -0.39 is 5.92 Å². The molecule has 5 rings (SSSR count). The summed E-state index contributed by atoms with van der Waals surface area (Å²) >= 11 is 0.